The fourth-order valence-electron chi connectivity index (χ4n) is 1.84. The average molecular weight is 171 g/mol. The van der Waals surface area contributed by atoms with E-state index in [1.807, 2.05) is 0 Å². The predicted molar refractivity (Wildman–Crippen MR) is 46.9 cm³/mol. The maximum atomic E-state index is 11.1. The first-order valence-electron chi connectivity index (χ1n) is 4.52. The monoisotopic (exact) mass is 171 g/mol. The Bertz CT molecular complexity index is 170. The lowest BCUT2D eigenvalue weighted by Crippen LogP contribution is -2.28. The minimum Gasteiger partial charge on any atom is -0.453 e. The minimum atomic E-state index is -0.183. The van der Waals surface area contributed by atoms with Crippen LogP contribution in [0.3, 0.4) is 0 Å². The highest BCUT2D eigenvalue weighted by molar-refractivity contribution is 5.67. The molecule has 0 bridgehead atoms. The summed E-state index contributed by atoms with van der Waals surface area (Å²) in [7, 11) is 1.44. The molecule has 1 fully saturated rings. The van der Waals surface area contributed by atoms with E-state index in [-0.39, 0.29) is 6.09 Å². The summed E-state index contributed by atoms with van der Waals surface area (Å²) in [5.74, 6) is 1.28. The van der Waals surface area contributed by atoms with Gasteiger partial charge >= 0.3 is 6.09 Å². The third kappa shape index (κ3) is 1.71. The lowest BCUT2D eigenvalue weighted by atomic mass is 9.96. The molecule has 3 heteroatoms. The van der Waals surface area contributed by atoms with Crippen molar-refractivity contribution in [2.75, 3.05) is 20.2 Å². The summed E-state index contributed by atoms with van der Waals surface area (Å²) in [6.45, 7) is 6.08. The van der Waals surface area contributed by atoms with E-state index < -0.39 is 0 Å². The maximum absolute atomic E-state index is 11.1. The van der Waals surface area contributed by atoms with Crippen molar-refractivity contribution in [2.45, 2.75) is 20.3 Å². The Kier molecular flexibility index (Phi) is 2.95. The van der Waals surface area contributed by atoms with E-state index in [1.165, 1.54) is 7.11 Å². The van der Waals surface area contributed by atoms with Crippen molar-refractivity contribution in [3.8, 4) is 0 Å². The van der Waals surface area contributed by atoms with Crippen molar-refractivity contribution in [1.82, 2.24) is 4.90 Å². The topological polar surface area (TPSA) is 29.5 Å². The van der Waals surface area contributed by atoms with Crippen LogP contribution in [-0.2, 0) is 4.74 Å². The van der Waals surface area contributed by atoms with Crippen LogP contribution < -0.4 is 0 Å². The van der Waals surface area contributed by atoms with Gasteiger partial charge in [0.2, 0.25) is 0 Å². The molecule has 0 aliphatic carbocycles. The van der Waals surface area contributed by atoms with E-state index in [0.29, 0.717) is 11.8 Å². The van der Waals surface area contributed by atoms with Crippen LogP contribution in [0.1, 0.15) is 20.3 Å². The number of carbonyl (C=O) groups is 1. The van der Waals surface area contributed by atoms with Gasteiger partial charge in [-0.25, -0.2) is 4.79 Å². The van der Waals surface area contributed by atoms with Gasteiger partial charge in [0.1, 0.15) is 0 Å². The molecule has 1 aliphatic rings. The number of hydrogen-bond donors (Lipinski definition) is 0. The highest BCUT2D eigenvalue weighted by atomic mass is 16.5. The highest BCUT2D eigenvalue weighted by Crippen LogP contribution is 2.25. The first-order chi connectivity index (χ1) is 5.69. The van der Waals surface area contributed by atoms with Gasteiger partial charge in [0.05, 0.1) is 7.11 Å². The number of hydrogen-bond acceptors (Lipinski definition) is 2. The number of rotatable bonds is 1. The van der Waals surface area contributed by atoms with Gasteiger partial charge in [-0.15, -0.1) is 0 Å². The first-order valence-corrected chi connectivity index (χ1v) is 4.52. The molecule has 0 aromatic rings. The number of methoxy groups -OCH3 is 1. The summed E-state index contributed by atoms with van der Waals surface area (Å²) in [6.07, 6.45) is 0.965. The second-order valence-corrected chi connectivity index (χ2v) is 3.52. The number of amides is 1. The summed E-state index contributed by atoms with van der Waals surface area (Å²) < 4.78 is 4.66. The second kappa shape index (κ2) is 3.78. The van der Waals surface area contributed by atoms with Crippen LogP contribution in [0.25, 0.3) is 0 Å². The zero-order valence-corrected chi connectivity index (χ0v) is 8.04. The van der Waals surface area contributed by atoms with Gasteiger partial charge in [0.25, 0.3) is 0 Å². The normalized spacial score (nSPS) is 29.1. The Balaban J connectivity index is 2.48. The molecule has 1 heterocycles. The average Bonchev–Trinajstić information content (AvgIpc) is 2.45. The van der Waals surface area contributed by atoms with Crippen molar-refractivity contribution in [2.24, 2.45) is 11.8 Å². The van der Waals surface area contributed by atoms with Crippen molar-refractivity contribution in [3.05, 3.63) is 0 Å². The second-order valence-electron chi connectivity index (χ2n) is 3.52. The molecule has 0 aromatic heterocycles. The minimum absolute atomic E-state index is 0.183. The molecule has 1 amide bonds. The van der Waals surface area contributed by atoms with Crippen LogP contribution in [0.2, 0.25) is 0 Å². The fraction of sp³-hybridized carbons (Fsp3) is 0.889. The molecule has 12 heavy (non-hydrogen) atoms. The molecule has 70 valence electrons. The maximum Gasteiger partial charge on any atom is 0.409 e. The number of carbonyl (C=O) groups excluding carboxylic acids is 1. The summed E-state index contributed by atoms with van der Waals surface area (Å²) >= 11 is 0. The van der Waals surface area contributed by atoms with E-state index in [1.54, 1.807) is 4.90 Å². The molecule has 1 saturated heterocycles. The third-order valence-corrected chi connectivity index (χ3v) is 2.73. The molecule has 3 nitrogen and oxygen atoms in total. The Morgan fingerprint density at radius 2 is 2.25 bits per heavy atom. The molecule has 2 unspecified atom stereocenters. The van der Waals surface area contributed by atoms with Gasteiger partial charge < -0.3 is 9.64 Å². The predicted octanol–water partition coefficient (Wildman–Crippen LogP) is 1.73. The van der Waals surface area contributed by atoms with Crippen LogP contribution in [0.5, 0.6) is 0 Å². The molecule has 0 spiro atoms. The molecular formula is C9H17NO2. The standard InChI is InChI=1S/C9H17NO2/c1-4-8-6-10(5-7(8)2)9(11)12-3/h7-8H,4-6H2,1-3H3. The lowest BCUT2D eigenvalue weighted by molar-refractivity contribution is 0.131. The van der Waals surface area contributed by atoms with Crippen molar-refractivity contribution in [1.29, 1.82) is 0 Å². The Morgan fingerprint density at radius 3 is 2.67 bits per heavy atom. The third-order valence-electron chi connectivity index (χ3n) is 2.73. The van der Waals surface area contributed by atoms with Gasteiger partial charge in [-0.05, 0) is 11.8 Å². The van der Waals surface area contributed by atoms with Crippen LogP contribution in [0.4, 0.5) is 4.79 Å². The first kappa shape index (κ1) is 9.36. The smallest absolute Gasteiger partial charge is 0.409 e. The van der Waals surface area contributed by atoms with E-state index in [4.69, 9.17) is 0 Å². The van der Waals surface area contributed by atoms with Crippen LogP contribution >= 0.6 is 0 Å². The van der Waals surface area contributed by atoms with E-state index in [0.717, 1.165) is 19.5 Å². The Hall–Kier alpha value is -0.730. The van der Waals surface area contributed by atoms with Crippen molar-refractivity contribution >= 4 is 6.09 Å². The van der Waals surface area contributed by atoms with Gasteiger partial charge in [0.15, 0.2) is 0 Å². The lowest BCUT2D eigenvalue weighted by Gasteiger charge is -2.13. The zero-order valence-electron chi connectivity index (χ0n) is 8.04. The van der Waals surface area contributed by atoms with Crippen LogP contribution in [-0.4, -0.2) is 31.2 Å². The summed E-state index contributed by atoms with van der Waals surface area (Å²) in [4.78, 5) is 12.9. The van der Waals surface area contributed by atoms with Crippen molar-refractivity contribution in [3.63, 3.8) is 0 Å². The molecule has 2 atom stereocenters. The van der Waals surface area contributed by atoms with Gasteiger partial charge in [-0.2, -0.15) is 0 Å². The van der Waals surface area contributed by atoms with E-state index >= 15 is 0 Å². The summed E-state index contributed by atoms with van der Waals surface area (Å²) in [6, 6.07) is 0. The van der Waals surface area contributed by atoms with Gasteiger partial charge in [-0.3, -0.25) is 0 Å². The largest absolute Gasteiger partial charge is 0.453 e. The molecular weight excluding hydrogens is 154 g/mol. The number of ether oxygens (including phenoxy) is 1. The fourth-order valence-corrected chi connectivity index (χ4v) is 1.84. The van der Waals surface area contributed by atoms with E-state index in [9.17, 15) is 4.79 Å². The zero-order chi connectivity index (χ0) is 9.14. The molecule has 1 aliphatic heterocycles. The van der Waals surface area contributed by atoms with Crippen LogP contribution in [0.15, 0.2) is 0 Å². The molecule has 0 aromatic carbocycles. The molecule has 0 N–H and O–H groups in total. The van der Waals surface area contributed by atoms with E-state index in [2.05, 4.69) is 18.6 Å². The summed E-state index contributed by atoms with van der Waals surface area (Å²) in [5.41, 5.74) is 0. The highest BCUT2D eigenvalue weighted by Gasteiger charge is 2.31. The van der Waals surface area contributed by atoms with Gasteiger partial charge in [0, 0.05) is 13.1 Å². The SMILES string of the molecule is CCC1CN(C(=O)OC)CC1C. The van der Waals surface area contributed by atoms with Crippen molar-refractivity contribution < 1.29 is 9.53 Å². The Morgan fingerprint density at radius 1 is 1.58 bits per heavy atom. The van der Waals surface area contributed by atoms with Gasteiger partial charge in [-0.1, -0.05) is 20.3 Å². The molecule has 0 radical (unpaired) electrons. The number of likely N-dealkylation sites (tertiary alicyclic amines) is 1. The molecule has 1 rings (SSSR count). The summed E-state index contributed by atoms with van der Waals surface area (Å²) in [5, 5.41) is 0. The van der Waals surface area contributed by atoms with Crippen LogP contribution in [0, 0.1) is 11.8 Å². The quantitative estimate of drug-likeness (QED) is 0.601. The number of nitrogens with zero attached hydrogens (tertiary/aromatic N) is 1. The Labute approximate surface area is 73.7 Å². The molecule has 0 saturated carbocycles.